The summed E-state index contributed by atoms with van der Waals surface area (Å²) in [7, 11) is 0. The second kappa shape index (κ2) is 6.51. The Kier molecular flexibility index (Phi) is 4.98. The van der Waals surface area contributed by atoms with Gasteiger partial charge in [0.05, 0.1) is 10.1 Å². The average molecular weight is 435 g/mol. The summed E-state index contributed by atoms with van der Waals surface area (Å²) in [5, 5.41) is 0. The van der Waals surface area contributed by atoms with E-state index in [1.54, 1.807) is 10.8 Å². The van der Waals surface area contributed by atoms with Crippen molar-refractivity contribution < 1.29 is 4.74 Å². The van der Waals surface area contributed by atoms with E-state index in [1.165, 1.54) is 0 Å². The van der Waals surface area contributed by atoms with Crippen molar-refractivity contribution in [3.63, 3.8) is 0 Å². The zero-order valence-corrected chi connectivity index (χ0v) is 14.0. The lowest BCUT2D eigenvalue weighted by Crippen LogP contribution is -2.27. The van der Waals surface area contributed by atoms with Crippen LogP contribution in [0.15, 0.2) is 39.7 Å². The molecule has 2 rings (SSSR count). The predicted octanol–water partition coefficient (Wildman–Crippen LogP) is 3.00. The Morgan fingerprint density at radius 3 is 3.00 bits per heavy atom. The summed E-state index contributed by atoms with van der Waals surface area (Å²) >= 11 is 5.38. The molecule has 0 saturated carbocycles. The lowest BCUT2D eigenvalue weighted by atomic mass is 10.3. The van der Waals surface area contributed by atoms with Crippen molar-refractivity contribution in [1.82, 2.24) is 9.55 Å². The second-order valence-electron chi connectivity index (χ2n) is 3.92. The summed E-state index contributed by atoms with van der Waals surface area (Å²) in [6.45, 7) is 2.73. The van der Waals surface area contributed by atoms with Crippen molar-refractivity contribution in [2.75, 3.05) is 6.61 Å². The Morgan fingerprint density at radius 2 is 2.26 bits per heavy atom. The van der Waals surface area contributed by atoms with Crippen molar-refractivity contribution in [3.8, 4) is 5.75 Å². The maximum Gasteiger partial charge on any atom is 0.267 e. The van der Waals surface area contributed by atoms with E-state index in [-0.39, 0.29) is 5.56 Å². The minimum absolute atomic E-state index is 0.0223. The largest absolute Gasteiger partial charge is 0.492 e. The highest BCUT2D eigenvalue weighted by atomic mass is 127. The SMILES string of the molecule is Cc1ncc(I)c(=O)n1CCOc1cccc(Br)c1. The van der Waals surface area contributed by atoms with Crippen LogP contribution in [0.5, 0.6) is 5.75 Å². The minimum Gasteiger partial charge on any atom is -0.492 e. The minimum atomic E-state index is -0.0223. The molecule has 0 amide bonds. The van der Waals surface area contributed by atoms with Crippen LogP contribution in [0.1, 0.15) is 5.82 Å². The first kappa shape index (κ1) is 14.5. The van der Waals surface area contributed by atoms with Gasteiger partial charge in [-0.15, -0.1) is 0 Å². The van der Waals surface area contributed by atoms with Gasteiger partial charge in [-0.3, -0.25) is 9.36 Å². The van der Waals surface area contributed by atoms with E-state index in [0.717, 1.165) is 10.2 Å². The Hall–Kier alpha value is -0.890. The van der Waals surface area contributed by atoms with Gasteiger partial charge in [0.15, 0.2) is 0 Å². The van der Waals surface area contributed by atoms with E-state index in [0.29, 0.717) is 22.5 Å². The highest BCUT2D eigenvalue weighted by molar-refractivity contribution is 14.1. The molecular weight excluding hydrogens is 423 g/mol. The smallest absolute Gasteiger partial charge is 0.267 e. The van der Waals surface area contributed by atoms with E-state index >= 15 is 0 Å². The third kappa shape index (κ3) is 3.79. The molecule has 0 unspecified atom stereocenters. The van der Waals surface area contributed by atoms with Crippen LogP contribution in [0.2, 0.25) is 0 Å². The van der Waals surface area contributed by atoms with Gasteiger partial charge in [-0.05, 0) is 47.7 Å². The Morgan fingerprint density at radius 1 is 1.47 bits per heavy atom. The number of halogens is 2. The first-order valence-corrected chi connectivity index (χ1v) is 7.55. The molecule has 0 atom stereocenters. The van der Waals surface area contributed by atoms with Gasteiger partial charge in [0.2, 0.25) is 0 Å². The molecule has 1 aromatic carbocycles. The molecule has 100 valence electrons. The standard InChI is InChI=1S/C13H12BrIN2O2/c1-9-16-8-12(15)13(18)17(9)5-6-19-11-4-2-3-10(14)7-11/h2-4,7-8H,5-6H2,1H3. The van der Waals surface area contributed by atoms with E-state index in [1.807, 2.05) is 53.8 Å². The van der Waals surface area contributed by atoms with Crippen LogP contribution in [0, 0.1) is 10.5 Å². The molecule has 4 nitrogen and oxygen atoms in total. The third-order valence-corrected chi connectivity index (χ3v) is 3.82. The Bertz CT molecular complexity index is 643. The highest BCUT2D eigenvalue weighted by Gasteiger charge is 2.05. The first-order chi connectivity index (χ1) is 9.08. The maximum atomic E-state index is 11.9. The zero-order valence-electron chi connectivity index (χ0n) is 10.3. The van der Waals surface area contributed by atoms with Crippen LogP contribution in [0.3, 0.4) is 0 Å². The maximum absolute atomic E-state index is 11.9. The van der Waals surface area contributed by atoms with Gasteiger partial charge in [-0.25, -0.2) is 4.98 Å². The lowest BCUT2D eigenvalue weighted by molar-refractivity contribution is 0.293. The molecule has 0 radical (unpaired) electrons. The Labute approximate surface area is 133 Å². The summed E-state index contributed by atoms with van der Waals surface area (Å²) in [4.78, 5) is 16.1. The predicted molar refractivity (Wildman–Crippen MR) is 85.6 cm³/mol. The molecule has 0 aliphatic rings. The normalized spacial score (nSPS) is 10.5. The summed E-state index contributed by atoms with van der Waals surface area (Å²) in [5.74, 6) is 1.47. The van der Waals surface area contributed by atoms with E-state index in [4.69, 9.17) is 4.74 Å². The molecule has 0 aliphatic carbocycles. The number of aryl methyl sites for hydroxylation is 1. The van der Waals surface area contributed by atoms with Gasteiger partial charge in [-0.1, -0.05) is 22.0 Å². The van der Waals surface area contributed by atoms with Gasteiger partial charge in [0, 0.05) is 10.7 Å². The van der Waals surface area contributed by atoms with Crippen LogP contribution in [0.4, 0.5) is 0 Å². The molecule has 1 aromatic heterocycles. The fourth-order valence-electron chi connectivity index (χ4n) is 1.63. The summed E-state index contributed by atoms with van der Waals surface area (Å²) < 4.78 is 8.83. The van der Waals surface area contributed by atoms with Crippen molar-refractivity contribution >= 4 is 38.5 Å². The number of ether oxygens (including phenoxy) is 1. The summed E-state index contributed by atoms with van der Waals surface area (Å²) in [6.07, 6.45) is 1.59. The van der Waals surface area contributed by atoms with Crippen molar-refractivity contribution in [2.45, 2.75) is 13.5 Å². The zero-order chi connectivity index (χ0) is 13.8. The van der Waals surface area contributed by atoms with Crippen LogP contribution in [0.25, 0.3) is 0 Å². The van der Waals surface area contributed by atoms with Crippen molar-refractivity contribution in [1.29, 1.82) is 0 Å². The first-order valence-electron chi connectivity index (χ1n) is 5.68. The molecule has 0 aliphatic heterocycles. The lowest BCUT2D eigenvalue weighted by Gasteiger charge is -2.10. The van der Waals surface area contributed by atoms with Gasteiger partial charge in [0.25, 0.3) is 5.56 Å². The van der Waals surface area contributed by atoms with Crippen molar-refractivity contribution in [2.24, 2.45) is 0 Å². The number of nitrogens with zero attached hydrogens (tertiary/aromatic N) is 2. The highest BCUT2D eigenvalue weighted by Crippen LogP contribution is 2.17. The molecule has 0 N–H and O–H groups in total. The fraction of sp³-hybridized carbons (Fsp3) is 0.231. The van der Waals surface area contributed by atoms with Gasteiger partial charge >= 0.3 is 0 Å². The van der Waals surface area contributed by atoms with E-state index < -0.39 is 0 Å². The molecular formula is C13H12BrIN2O2. The number of benzene rings is 1. The summed E-state index contributed by atoms with van der Waals surface area (Å²) in [5.41, 5.74) is -0.0223. The van der Waals surface area contributed by atoms with Crippen LogP contribution < -0.4 is 10.3 Å². The number of rotatable bonds is 4. The molecule has 0 fully saturated rings. The molecule has 1 heterocycles. The van der Waals surface area contributed by atoms with Crippen LogP contribution in [-0.4, -0.2) is 16.2 Å². The second-order valence-corrected chi connectivity index (χ2v) is 5.99. The molecule has 0 saturated heterocycles. The molecule has 19 heavy (non-hydrogen) atoms. The molecule has 6 heteroatoms. The van der Waals surface area contributed by atoms with Crippen LogP contribution in [-0.2, 0) is 6.54 Å². The van der Waals surface area contributed by atoms with E-state index in [9.17, 15) is 4.79 Å². The van der Waals surface area contributed by atoms with Gasteiger partial charge < -0.3 is 4.74 Å². The number of hydrogen-bond donors (Lipinski definition) is 0. The van der Waals surface area contributed by atoms with E-state index in [2.05, 4.69) is 20.9 Å². The van der Waals surface area contributed by atoms with Gasteiger partial charge in [0.1, 0.15) is 18.2 Å². The average Bonchev–Trinajstić information content (AvgIpc) is 2.38. The van der Waals surface area contributed by atoms with Crippen LogP contribution >= 0.6 is 38.5 Å². The number of aromatic nitrogens is 2. The third-order valence-electron chi connectivity index (χ3n) is 2.58. The molecule has 2 aromatic rings. The fourth-order valence-corrected chi connectivity index (χ4v) is 2.43. The van der Waals surface area contributed by atoms with Crippen molar-refractivity contribution in [3.05, 3.63) is 54.7 Å². The quantitative estimate of drug-likeness (QED) is 0.695. The van der Waals surface area contributed by atoms with Gasteiger partial charge in [-0.2, -0.15) is 0 Å². The monoisotopic (exact) mass is 434 g/mol. The Balaban J connectivity index is 2.04. The molecule has 0 bridgehead atoms. The topological polar surface area (TPSA) is 44.1 Å². The number of hydrogen-bond acceptors (Lipinski definition) is 3. The molecule has 0 spiro atoms. The summed E-state index contributed by atoms with van der Waals surface area (Å²) in [6, 6.07) is 7.62.